The average Bonchev–Trinajstić information content (AvgIpc) is 2.24. The van der Waals surface area contributed by atoms with Gasteiger partial charge in [-0.15, -0.1) is 0 Å². The van der Waals surface area contributed by atoms with Crippen molar-refractivity contribution in [2.45, 2.75) is 20.8 Å². The Labute approximate surface area is 100 Å². The first kappa shape index (κ1) is 12.9. The van der Waals surface area contributed by atoms with Crippen molar-refractivity contribution < 1.29 is 4.92 Å². The van der Waals surface area contributed by atoms with E-state index >= 15 is 0 Å². The van der Waals surface area contributed by atoms with E-state index in [1.54, 1.807) is 24.1 Å². The van der Waals surface area contributed by atoms with E-state index in [0.29, 0.717) is 5.56 Å². The third kappa shape index (κ3) is 3.14. The summed E-state index contributed by atoms with van der Waals surface area (Å²) in [4.78, 5) is 10.3. The van der Waals surface area contributed by atoms with Crippen molar-refractivity contribution in [2.75, 3.05) is 5.01 Å². The normalized spacial score (nSPS) is 9.59. The fraction of sp³-hybridized carbons (Fsp3) is 0.250. The number of hydrogen-bond acceptors (Lipinski definition) is 4. The second-order valence-corrected chi connectivity index (χ2v) is 3.92. The molecule has 0 spiro atoms. The fourth-order valence-electron chi connectivity index (χ4n) is 1.43. The van der Waals surface area contributed by atoms with Crippen LogP contribution < -0.4 is 5.01 Å². The van der Waals surface area contributed by atoms with Crippen LogP contribution in [0.3, 0.4) is 0 Å². The van der Waals surface area contributed by atoms with Crippen LogP contribution in [0.5, 0.6) is 0 Å². The number of hydrogen-bond donors (Lipinski definition) is 0. The molecule has 0 aliphatic heterocycles. The third-order valence-electron chi connectivity index (χ3n) is 2.17. The first-order valence-corrected chi connectivity index (χ1v) is 5.11. The largest absolute Gasteiger partial charge is 0.272 e. The van der Waals surface area contributed by atoms with Gasteiger partial charge in [0.1, 0.15) is 0 Å². The van der Waals surface area contributed by atoms with Crippen molar-refractivity contribution in [1.82, 2.24) is 0 Å². The van der Waals surface area contributed by atoms with Crippen LogP contribution >= 0.6 is 0 Å². The zero-order chi connectivity index (χ0) is 13.0. The first-order valence-electron chi connectivity index (χ1n) is 5.11. The van der Waals surface area contributed by atoms with Crippen LogP contribution in [0.1, 0.15) is 19.4 Å². The lowest BCUT2D eigenvalue weighted by atomic mass is 10.2. The van der Waals surface area contributed by atoms with E-state index in [0.717, 1.165) is 11.3 Å². The van der Waals surface area contributed by atoms with Gasteiger partial charge < -0.3 is 0 Å². The second-order valence-electron chi connectivity index (χ2n) is 3.92. The molecule has 0 heterocycles. The van der Waals surface area contributed by atoms with Crippen molar-refractivity contribution in [2.24, 2.45) is 5.10 Å². The van der Waals surface area contributed by atoms with Gasteiger partial charge in [0.05, 0.1) is 10.6 Å². The predicted molar refractivity (Wildman–Crippen MR) is 69.3 cm³/mol. The van der Waals surface area contributed by atoms with Gasteiger partial charge in [0.25, 0.3) is 5.69 Å². The Morgan fingerprint density at radius 3 is 2.59 bits per heavy atom. The van der Waals surface area contributed by atoms with Crippen LogP contribution in [0.4, 0.5) is 11.4 Å². The summed E-state index contributed by atoms with van der Waals surface area (Å²) in [6.45, 7) is 9.06. The van der Waals surface area contributed by atoms with Gasteiger partial charge in [-0.3, -0.25) is 10.1 Å². The summed E-state index contributed by atoms with van der Waals surface area (Å²) >= 11 is 0. The second kappa shape index (κ2) is 5.25. The maximum atomic E-state index is 10.7. The third-order valence-corrected chi connectivity index (χ3v) is 2.17. The Kier molecular flexibility index (Phi) is 3.98. The highest BCUT2D eigenvalue weighted by atomic mass is 16.6. The first-order chi connectivity index (χ1) is 7.95. The number of aryl methyl sites for hydroxylation is 1. The molecule has 0 saturated heterocycles. The highest BCUT2D eigenvalue weighted by Crippen LogP contribution is 2.24. The van der Waals surface area contributed by atoms with E-state index < -0.39 is 4.92 Å². The number of allylic oxidation sites excluding steroid dienone is 1. The number of anilines is 1. The van der Waals surface area contributed by atoms with Crippen LogP contribution in [0.2, 0.25) is 0 Å². The minimum absolute atomic E-state index is 0.106. The molecule has 0 aliphatic rings. The lowest BCUT2D eigenvalue weighted by Crippen LogP contribution is -2.07. The SMILES string of the molecule is C=NN(C=C(C)C)c1ccc([N+](=O)[O-])c(C)c1. The van der Waals surface area contributed by atoms with Crippen molar-refractivity contribution in [3.63, 3.8) is 0 Å². The van der Waals surface area contributed by atoms with Gasteiger partial charge in [-0.25, -0.2) is 5.01 Å². The molecule has 0 fully saturated rings. The lowest BCUT2D eigenvalue weighted by Gasteiger charge is -2.14. The zero-order valence-electron chi connectivity index (χ0n) is 10.2. The molecule has 17 heavy (non-hydrogen) atoms. The monoisotopic (exact) mass is 233 g/mol. The van der Waals surface area contributed by atoms with Crippen molar-refractivity contribution in [3.8, 4) is 0 Å². The van der Waals surface area contributed by atoms with Crippen LogP contribution in [-0.2, 0) is 0 Å². The van der Waals surface area contributed by atoms with E-state index in [-0.39, 0.29) is 5.69 Å². The molecule has 0 radical (unpaired) electrons. The molecule has 0 aliphatic carbocycles. The molecule has 0 N–H and O–H groups in total. The van der Waals surface area contributed by atoms with Crippen LogP contribution in [0, 0.1) is 17.0 Å². The van der Waals surface area contributed by atoms with Crippen LogP contribution in [-0.4, -0.2) is 11.6 Å². The van der Waals surface area contributed by atoms with Gasteiger partial charge in [-0.2, -0.15) is 5.10 Å². The van der Waals surface area contributed by atoms with Crippen molar-refractivity contribution in [3.05, 3.63) is 45.6 Å². The topological polar surface area (TPSA) is 58.7 Å². The minimum atomic E-state index is -0.397. The Balaban J connectivity index is 3.16. The number of nitro benzene ring substituents is 1. The quantitative estimate of drug-likeness (QED) is 0.455. The summed E-state index contributed by atoms with van der Waals surface area (Å²) in [6, 6.07) is 4.84. The molecule has 0 amide bonds. The van der Waals surface area contributed by atoms with Crippen LogP contribution in [0.15, 0.2) is 35.1 Å². The smallest absolute Gasteiger partial charge is 0.258 e. The van der Waals surface area contributed by atoms with Crippen LogP contribution in [0.25, 0.3) is 0 Å². The van der Waals surface area contributed by atoms with Gasteiger partial charge in [-0.1, -0.05) is 5.57 Å². The standard InChI is InChI=1S/C12H15N3O2/c1-9(2)8-14(13-4)11-5-6-12(15(16)17)10(3)7-11/h5-8H,4H2,1-3H3. The van der Waals surface area contributed by atoms with Crippen molar-refractivity contribution >= 4 is 18.1 Å². The molecular weight excluding hydrogens is 218 g/mol. The fourth-order valence-corrected chi connectivity index (χ4v) is 1.43. The van der Waals surface area contributed by atoms with E-state index in [9.17, 15) is 10.1 Å². The maximum absolute atomic E-state index is 10.7. The van der Waals surface area contributed by atoms with E-state index in [1.165, 1.54) is 6.07 Å². The zero-order valence-corrected chi connectivity index (χ0v) is 10.2. The molecule has 0 bridgehead atoms. The Morgan fingerprint density at radius 2 is 2.18 bits per heavy atom. The molecule has 0 atom stereocenters. The van der Waals surface area contributed by atoms with Gasteiger partial charge in [-0.05, 0) is 32.9 Å². The average molecular weight is 233 g/mol. The Morgan fingerprint density at radius 1 is 1.53 bits per heavy atom. The molecule has 1 aromatic carbocycles. The summed E-state index contributed by atoms with van der Waals surface area (Å²) in [5.41, 5.74) is 2.52. The van der Waals surface area contributed by atoms with E-state index in [4.69, 9.17) is 0 Å². The maximum Gasteiger partial charge on any atom is 0.272 e. The summed E-state index contributed by atoms with van der Waals surface area (Å²) in [6.07, 6.45) is 1.81. The lowest BCUT2D eigenvalue weighted by molar-refractivity contribution is -0.385. The number of benzene rings is 1. The highest BCUT2D eigenvalue weighted by molar-refractivity contribution is 5.57. The van der Waals surface area contributed by atoms with Gasteiger partial charge >= 0.3 is 0 Å². The molecule has 1 aromatic rings. The number of rotatable bonds is 4. The number of nitro groups is 1. The molecule has 90 valence electrons. The summed E-state index contributed by atoms with van der Waals surface area (Å²) < 4.78 is 0. The molecule has 0 saturated carbocycles. The molecular formula is C12H15N3O2. The summed E-state index contributed by atoms with van der Waals surface area (Å²) in [5.74, 6) is 0. The van der Waals surface area contributed by atoms with Gasteiger partial charge in [0.15, 0.2) is 0 Å². The minimum Gasteiger partial charge on any atom is -0.258 e. The Hall–Kier alpha value is -2.17. The predicted octanol–water partition coefficient (Wildman–Crippen LogP) is 3.25. The van der Waals surface area contributed by atoms with E-state index in [2.05, 4.69) is 11.8 Å². The van der Waals surface area contributed by atoms with Gasteiger partial charge in [0, 0.05) is 24.5 Å². The summed E-state index contributed by atoms with van der Waals surface area (Å²) in [7, 11) is 0. The number of nitrogens with zero attached hydrogens (tertiary/aromatic N) is 3. The van der Waals surface area contributed by atoms with E-state index in [1.807, 2.05) is 20.0 Å². The van der Waals surface area contributed by atoms with Gasteiger partial charge in [0.2, 0.25) is 0 Å². The molecule has 0 unspecified atom stereocenters. The highest BCUT2D eigenvalue weighted by Gasteiger charge is 2.12. The number of hydrazone groups is 1. The Bertz CT molecular complexity index is 477. The molecule has 5 nitrogen and oxygen atoms in total. The summed E-state index contributed by atoms with van der Waals surface area (Å²) in [5, 5.41) is 16.1. The molecule has 0 aromatic heterocycles. The van der Waals surface area contributed by atoms with Crippen molar-refractivity contribution in [1.29, 1.82) is 0 Å². The molecule has 1 rings (SSSR count). The molecule has 5 heteroatoms.